The second-order valence-electron chi connectivity index (χ2n) is 5.66. The lowest BCUT2D eigenvalue weighted by molar-refractivity contribution is -0.0300. The summed E-state index contributed by atoms with van der Waals surface area (Å²) < 4.78 is 5.18. The predicted octanol–water partition coefficient (Wildman–Crippen LogP) is 1.73. The average Bonchev–Trinajstić information content (AvgIpc) is 3.01. The number of aromatic nitrogens is 2. The van der Waals surface area contributed by atoms with Crippen LogP contribution in [0.1, 0.15) is 29.8 Å². The van der Waals surface area contributed by atoms with Crippen LogP contribution in [0.5, 0.6) is 5.75 Å². The number of hydrogen-bond acceptors (Lipinski definition) is 4. The molecule has 116 valence electrons. The molecule has 1 heterocycles. The van der Waals surface area contributed by atoms with Gasteiger partial charge in [0, 0.05) is 12.1 Å². The van der Waals surface area contributed by atoms with E-state index in [-0.39, 0.29) is 12.5 Å². The van der Waals surface area contributed by atoms with Gasteiger partial charge in [0.1, 0.15) is 11.4 Å². The van der Waals surface area contributed by atoms with Crippen LogP contribution < -0.4 is 10.1 Å². The lowest BCUT2D eigenvalue weighted by atomic mass is 9.80. The number of H-pyrrole nitrogens is 1. The zero-order chi connectivity index (χ0) is 15.6. The largest absolute Gasteiger partial charge is 0.497 e. The van der Waals surface area contributed by atoms with Gasteiger partial charge in [-0.3, -0.25) is 9.89 Å². The van der Waals surface area contributed by atoms with Crippen LogP contribution in [0.3, 0.4) is 0 Å². The Kier molecular flexibility index (Phi) is 3.85. The third-order valence-electron chi connectivity index (χ3n) is 4.05. The van der Waals surface area contributed by atoms with Gasteiger partial charge in [-0.1, -0.05) is 12.1 Å². The van der Waals surface area contributed by atoms with Crippen molar-refractivity contribution in [3.63, 3.8) is 0 Å². The fourth-order valence-electron chi connectivity index (χ4n) is 2.47. The first-order chi connectivity index (χ1) is 10.6. The highest BCUT2D eigenvalue weighted by atomic mass is 16.5. The summed E-state index contributed by atoms with van der Waals surface area (Å²) in [5.41, 5.74) is 1.19. The van der Waals surface area contributed by atoms with Gasteiger partial charge < -0.3 is 15.2 Å². The van der Waals surface area contributed by atoms with Crippen molar-refractivity contribution in [2.24, 2.45) is 0 Å². The molecule has 1 aromatic heterocycles. The van der Waals surface area contributed by atoms with Gasteiger partial charge in [0.15, 0.2) is 0 Å². The fraction of sp³-hybridized carbons (Fsp3) is 0.375. The first kappa shape index (κ1) is 14.6. The Bertz CT molecular complexity index is 677. The molecule has 0 unspecified atom stereocenters. The van der Waals surface area contributed by atoms with Crippen LogP contribution in [0.25, 0.3) is 11.3 Å². The molecular formula is C16H19N3O3. The molecule has 22 heavy (non-hydrogen) atoms. The molecule has 0 aliphatic heterocycles. The Morgan fingerprint density at radius 2 is 2.27 bits per heavy atom. The number of methoxy groups -OCH3 is 1. The molecule has 6 heteroatoms. The molecule has 0 saturated heterocycles. The van der Waals surface area contributed by atoms with Crippen LogP contribution in [-0.4, -0.2) is 40.5 Å². The van der Waals surface area contributed by atoms with Gasteiger partial charge in [0.05, 0.1) is 18.4 Å². The van der Waals surface area contributed by atoms with E-state index in [1.165, 1.54) is 0 Å². The molecule has 1 saturated carbocycles. The number of rotatable bonds is 5. The fourth-order valence-corrected chi connectivity index (χ4v) is 2.47. The van der Waals surface area contributed by atoms with E-state index < -0.39 is 5.60 Å². The summed E-state index contributed by atoms with van der Waals surface area (Å²) in [7, 11) is 1.60. The summed E-state index contributed by atoms with van der Waals surface area (Å²) in [5, 5.41) is 19.6. The van der Waals surface area contributed by atoms with E-state index >= 15 is 0 Å². The highest BCUT2D eigenvalue weighted by Gasteiger charge is 2.34. The van der Waals surface area contributed by atoms with Gasteiger partial charge in [-0.15, -0.1) is 0 Å². The SMILES string of the molecule is COc1cccc(-c2cc(C(=O)NCC3(O)CCC3)[nH]n2)c1. The van der Waals surface area contributed by atoms with Gasteiger partial charge in [-0.2, -0.15) is 5.10 Å². The van der Waals surface area contributed by atoms with Gasteiger partial charge in [-0.05, 0) is 37.5 Å². The average molecular weight is 301 g/mol. The molecule has 2 aromatic rings. The van der Waals surface area contributed by atoms with Crippen molar-refractivity contribution >= 4 is 5.91 Å². The van der Waals surface area contributed by atoms with Crippen LogP contribution in [-0.2, 0) is 0 Å². The lowest BCUT2D eigenvalue weighted by Crippen LogP contribution is -2.47. The van der Waals surface area contributed by atoms with E-state index in [1.807, 2.05) is 24.3 Å². The smallest absolute Gasteiger partial charge is 0.269 e. The Hall–Kier alpha value is -2.34. The second kappa shape index (κ2) is 5.81. The molecular weight excluding hydrogens is 282 g/mol. The Labute approximate surface area is 128 Å². The molecule has 1 amide bonds. The number of benzene rings is 1. The van der Waals surface area contributed by atoms with Gasteiger partial charge in [0.25, 0.3) is 5.91 Å². The normalized spacial score (nSPS) is 15.9. The minimum Gasteiger partial charge on any atom is -0.497 e. The lowest BCUT2D eigenvalue weighted by Gasteiger charge is -2.36. The summed E-state index contributed by atoms with van der Waals surface area (Å²) >= 11 is 0. The van der Waals surface area contributed by atoms with Crippen LogP contribution in [0.15, 0.2) is 30.3 Å². The van der Waals surface area contributed by atoms with E-state index in [1.54, 1.807) is 13.2 Å². The highest BCUT2D eigenvalue weighted by Crippen LogP contribution is 2.30. The summed E-state index contributed by atoms with van der Waals surface area (Å²) in [6.45, 7) is 0.277. The molecule has 3 N–H and O–H groups in total. The van der Waals surface area contributed by atoms with E-state index in [4.69, 9.17) is 4.74 Å². The van der Waals surface area contributed by atoms with E-state index in [2.05, 4.69) is 15.5 Å². The Balaban J connectivity index is 1.68. The number of carbonyl (C=O) groups is 1. The van der Waals surface area contributed by atoms with E-state index in [0.29, 0.717) is 11.4 Å². The molecule has 0 spiro atoms. The molecule has 1 aromatic carbocycles. The third-order valence-corrected chi connectivity index (χ3v) is 4.05. The molecule has 3 rings (SSSR count). The molecule has 1 aliphatic rings. The summed E-state index contributed by atoms with van der Waals surface area (Å²) in [6, 6.07) is 9.17. The quantitative estimate of drug-likeness (QED) is 0.785. The maximum absolute atomic E-state index is 12.1. The minimum absolute atomic E-state index is 0.262. The van der Waals surface area contributed by atoms with Gasteiger partial charge in [0.2, 0.25) is 0 Å². The van der Waals surface area contributed by atoms with Crippen molar-refractivity contribution < 1.29 is 14.6 Å². The van der Waals surface area contributed by atoms with Gasteiger partial charge >= 0.3 is 0 Å². The number of hydrogen-bond donors (Lipinski definition) is 3. The number of nitrogens with one attached hydrogen (secondary N) is 2. The van der Waals surface area contributed by atoms with Crippen molar-refractivity contribution in [1.29, 1.82) is 0 Å². The number of nitrogens with zero attached hydrogens (tertiary/aromatic N) is 1. The van der Waals surface area contributed by atoms with Crippen LogP contribution >= 0.6 is 0 Å². The van der Waals surface area contributed by atoms with Crippen LogP contribution in [0, 0.1) is 0 Å². The molecule has 0 atom stereocenters. The van der Waals surface area contributed by atoms with E-state index in [0.717, 1.165) is 30.6 Å². The summed E-state index contributed by atoms with van der Waals surface area (Å²) in [4.78, 5) is 12.1. The number of aromatic amines is 1. The van der Waals surface area contributed by atoms with Crippen molar-refractivity contribution in [3.05, 3.63) is 36.0 Å². The number of aliphatic hydroxyl groups is 1. The molecule has 1 fully saturated rings. The van der Waals surface area contributed by atoms with Crippen molar-refractivity contribution in [2.45, 2.75) is 24.9 Å². The van der Waals surface area contributed by atoms with Crippen molar-refractivity contribution in [2.75, 3.05) is 13.7 Å². The number of amides is 1. The molecule has 0 radical (unpaired) electrons. The van der Waals surface area contributed by atoms with Gasteiger partial charge in [-0.25, -0.2) is 0 Å². The molecule has 1 aliphatic carbocycles. The van der Waals surface area contributed by atoms with Crippen LogP contribution in [0.4, 0.5) is 0 Å². The zero-order valence-electron chi connectivity index (χ0n) is 12.4. The highest BCUT2D eigenvalue weighted by molar-refractivity contribution is 5.93. The molecule has 0 bridgehead atoms. The monoisotopic (exact) mass is 301 g/mol. The predicted molar refractivity (Wildman–Crippen MR) is 81.7 cm³/mol. The first-order valence-electron chi connectivity index (χ1n) is 7.30. The van der Waals surface area contributed by atoms with Crippen LogP contribution in [0.2, 0.25) is 0 Å². The van der Waals surface area contributed by atoms with Crippen molar-refractivity contribution in [3.8, 4) is 17.0 Å². The topological polar surface area (TPSA) is 87.2 Å². The number of ether oxygens (including phenoxy) is 1. The van der Waals surface area contributed by atoms with Crippen molar-refractivity contribution in [1.82, 2.24) is 15.5 Å². The Morgan fingerprint density at radius 1 is 1.45 bits per heavy atom. The third kappa shape index (κ3) is 2.96. The summed E-state index contributed by atoms with van der Waals surface area (Å²) in [6.07, 6.45) is 2.49. The molecule has 6 nitrogen and oxygen atoms in total. The standard InChI is InChI=1S/C16H19N3O3/c1-22-12-5-2-4-11(8-12)13-9-14(19-18-13)15(20)17-10-16(21)6-3-7-16/h2,4-5,8-9,21H,3,6-7,10H2,1H3,(H,17,20)(H,18,19). The minimum atomic E-state index is -0.731. The summed E-state index contributed by atoms with van der Waals surface area (Å²) in [5.74, 6) is 0.473. The first-order valence-corrected chi connectivity index (χ1v) is 7.30. The maximum atomic E-state index is 12.1. The van der Waals surface area contributed by atoms with E-state index in [9.17, 15) is 9.90 Å². The number of carbonyl (C=O) groups excluding carboxylic acids is 1. The Morgan fingerprint density at radius 3 is 2.95 bits per heavy atom. The maximum Gasteiger partial charge on any atom is 0.269 e. The second-order valence-corrected chi connectivity index (χ2v) is 5.66. The zero-order valence-corrected chi connectivity index (χ0v) is 12.4.